The van der Waals surface area contributed by atoms with Gasteiger partial charge in [-0.15, -0.1) is 0 Å². The summed E-state index contributed by atoms with van der Waals surface area (Å²) in [6.45, 7) is 4.40. The summed E-state index contributed by atoms with van der Waals surface area (Å²) in [6.07, 6.45) is 17.3. The van der Waals surface area contributed by atoms with Crippen molar-refractivity contribution in [3.63, 3.8) is 0 Å². The fourth-order valence-corrected chi connectivity index (χ4v) is 3.85. The number of imide groups is 3. The maximum atomic E-state index is 12.5. The first kappa shape index (κ1) is 24.4. The van der Waals surface area contributed by atoms with Crippen molar-refractivity contribution in [1.29, 1.82) is 0 Å². The number of nitrogens with zero attached hydrogens (tertiary/aromatic N) is 1. The second-order valence-electron chi connectivity index (χ2n) is 7.98. The first-order chi connectivity index (χ1) is 13.5. The summed E-state index contributed by atoms with van der Waals surface area (Å²) in [4.78, 5) is 37.2. The zero-order valence-corrected chi connectivity index (χ0v) is 18.1. The van der Waals surface area contributed by atoms with Gasteiger partial charge in [-0.05, 0) is 25.7 Å². The summed E-state index contributed by atoms with van der Waals surface area (Å²) in [5.41, 5.74) is 6.33. The summed E-state index contributed by atoms with van der Waals surface area (Å²) >= 11 is 0. The summed E-state index contributed by atoms with van der Waals surface area (Å²) in [6, 6.07) is -0.957. The third kappa shape index (κ3) is 8.15. The number of hydrogen-bond acceptors (Lipinski definition) is 3. The quantitative estimate of drug-likeness (QED) is 0.258. The smallest absolute Gasteiger partial charge is 0.328 e. The molecule has 4 amide bonds. The molecule has 1 aliphatic heterocycles. The number of carbonyl (C=O) groups is 3. The Hall–Kier alpha value is -1.65. The molecule has 0 atom stereocenters. The molecule has 0 unspecified atom stereocenters. The molecule has 0 saturated heterocycles. The number of rotatable bonds is 16. The Bertz CT molecular complexity index is 500. The van der Waals surface area contributed by atoms with Crippen molar-refractivity contribution in [2.45, 2.75) is 117 Å². The van der Waals surface area contributed by atoms with Crippen LogP contribution in [0.15, 0.2) is 11.1 Å². The monoisotopic (exact) mass is 392 g/mol. The third-order valence-electron chi connectivity index (χ3n) is 5.57. The minimum Gasteiger partial charge on any atom is -0.351 e. The van der Waals surface area contributed by atoms with Crippen molar-refractivity contribution in [2.24, 2.45) is 5.73 Å². The van der Waals surface area contributed by atoms with E-state index in [1.807, 2.05) is 0 Å². The zero-order chi connectivity index (χ0) is 20.8. The van der Waals surface area contributed by atoms with E-state index in [1.54, 1.807) is 0 Å². The third-order valence-corrected chi connectivity index (χ3v) is 5.57. The van der Waals surface area contributed by atoms with Gasteiger partial charge in [-0.1, -0.05) is 90.9 Å². The molecule has 0 bridgehead atoms. The van der Waals surface area contributed by atoms with E-state index in [1.165, 1.54) is 51.4 Å². The number of carbonyl (C=O) groups excluding carboxylic acids is 3. The van der Waals surface area contributed by atoms with Crippen LogP contribution in [0.3, 0.4) is 0 Å². The second-order valence-corrected chi connectivity index (χ2v) is 7.98. The Morgan fingerprint density at radius 3 is 1.29 bits per heavy atom. The number of unbranched alkanes of at least 4 members (excludes halogenated alkanes) is 12. The molecule has 160 valence electrons. The Labute approximate surface area is 171 Å². The molecule has 0 fully saturated rings. The predicted octanol–water partition coefficient (Wildman–Crippen LogP) is 6.01. The van der Waals surface area contributed by atoms with Crippen LogP contribution in [0.25, 0.3) is 0 Å². The van der Waals surface area contributed by atoms with Crippen LogP contribution in [0, 0.1) is 0 Å². The molecule has 0 saturated carbocycles. The molecule has 0 aromatic carbocycles. The van der Waals surface area contributed by atoms with Gasteiger partial charge in [-0.3, -0.25) is 9.59 Å². The van der Waals surface area contributed by atoms with Gasteiger partial charge >= 0.3 is 6.03 Å². The Kier molecular flexibility index (Phi) is 12.5. The van der Waals surface area contributed by atoms with Crippen LogP contribution >= 0.6 is 0 Å². The molecule has 0 spiro atoms. The normalized spacial score (nSPS) is 14.4. The van der Waals surface area contributed by atoms with E-state index >= 15 is 0 Å². The largest absolute Gasteiger partial charge is 0.351 e. The first-order valence-corrected chi connectivity index (χ1v) is 11.4. The van der Waals surface area contributed by atoms with E-state index in [0.717, 1.165) is 38.5 Å². The van der Waals surface area contributed by atoms with Gasteiger partial charge in [0.05, 0.1) is 0 Å². The Morgan fingerprint density at radius 1 is 0.643 bits per heavy atom. The van der Waals surface area contributed by atoms with Crippen LogP contribution in [-0.4, -0.2) is 22.7 Å². The highest BCUT2D eigenvalue weighted by atomic mass is 16.2. The van der Waals surface area contributed by atoms with E-state index in [2.05, 4.69) is 13.8 Å². The number of nitrogens with two attached hydrogens (primary N) is 1. The topological polar surface area (TPSA) is 80.5 Å². The number of hydrogen-bond donors (Lipinski definition) is 1. The van der Waals surface area contributed by atoms with Gasteiger partial charge in [0.2, 0.25) is 0 Å². The lowest BCUT2D eigenvalue weighted by molar-refractivity contribution is -0.133. The SMILES string of the molecule is CCCCCCCCCC1=C(CCCCCCCCC)C(=O)N(C(N)=O)C1=O. The van der Waals surface area contributed by atoms with E-state index in [4.69, 9.17) is 5.73 Å². The number of urea groups is 1. The van der Waals surface area contributed by atoms with Gasteiger partial charge in [0.15, 0.2) is 0 Å². The molecular formula is C23H40N2O3. The van der Waals surface area contributed by atoms with E-state index < -0.39 is 17.8 Å². The molecule has 1 heterocycles. The van der Waals surface area contributed by atoms with Crippen LogP contribution in [0.1, 0.15) is 117 Å². The average molecular weight is 393 g/mol. The molecule has 2 N–H and O–H groups in total. The van der Waals surface area contributed by atoms with Crippen LogP contribution in [-0.2, 0) is 9.59 Å². The predicted molar refractivity (Wildman–Crippen MR) is 114 cm³/mol. The van der Waals surface area contributed by atoms with Gasteiger partial charge in [0, 0.05) is 11.1 Å². The number of amides is 4. The highest BCUT2D eigenvalue weighted by Gasteiger charge is 2.40. The summed E-state index contributed by atoms with van der Waals surface area (Å²) in [5, 5.41) is 0. The highest BCUT2D eigenvalue weighted by molar-refractivity contribution is 6.26. The molecule has 0 aromatic rings. The van der Waals surface area contributed by atoms with Crippen LogP contribution in [0.5, 0.6) is 0 Å². The molecule has 5 heteroatoms. The Morgan fingerprint density at radius 2 is 0.964 bits per heavy atom. The fraction of sp³-hybridized carbons (Fsp3) is 0.783. The molecule has 5 nitrogen and oxygen atoms in total. The van der Waals surface area contributed by atoms with Crippen molar-refractivity contribution in [3.05, 3.63) is 11.1 Å². The van der Waals surface area contributed by atoms with Crippen LogP contribution in [0.4, 0.5) is 4.79 Å². The fourth-order valence-electron chi connectivity index (χ4n) is 3.85. The first-order valence-electron chi connectivity index (χ1n) is 11.4. The molecule has 0 aromatic heterocycles. The minimum atomic E-state index is -0.957. The summed E-state index contributed by atoms with van der Waals surface area (Å²) in [7, 11) is 0. The lowest BCUT2D eigenvalue weighted by Gasteiger charge is -2.09. The van der Waals surface area contributed by atoms with Crippen LogP contribution in [0.2, 0.25) is 0 Å². The van der Waals surface area contributed by atoms with Gasteiger partial charge in [0.1, 0.15) is 0 Å². The average Bonchev–Trinajstić information content (AvgIpc) is 2.90. The van der Waals surface area contributed by atoms with Crippen molar-refractivity contribution >= 4 is 17.8 Å². The van der Waals surface area contributed by atoms with Crippen molar-refractivity contribution in [3.8, 4) is 0 Å². The number of primary amides is 1. The van der Waals surface area contributed by atoms with Crippen molar-refractivity contribution in [2.75, 3.05) is 0 Å². The zero-order valence-electron chi connectivity index (χ0n) is 18.1. The standard InChI is InChI=1S/C23H40N2O3/c1-3-5-7-9-11-13-15-17-19-20(18-16-14-12-10-8-6-4-2)22(27)25(21(19)26)23(24)28/h3-18H2,1-2H3,(H2,24,28). The second kappa shape index (κ2) is 14.4. The molecule has 1 rings (SSSR count). The highest BCUT2D eigenvalue weighted by Crippen LogP contribution is 2.29. The van der Waals surface area contributed by atoms with E-state index in [0.29, 0.717) is 28.9 Å². The van der Waals surface area contributed by atoms with Crippen LogP contribution < -0.4 is 5.73 Å². The summed E-state index contributed by atoms with van der Waals surface area (Å²) < 4.78 is 0. The Balaban J connectivity index is 2.52. The molecule has 1 aliphatic rings. The van der Waals surface area contributed by atoms with E-state index in [9.17, 15) is 14.4 Å². The lowest BCUT2D eigenvalue weighted by atomic mass is 9.98. The van der Waals surface area contributed by atoms with Crippen molar-refractivity contribution in [1.82, 2.24) is 4.90 Å². The molecule has 28 heavy (non-hydrogen) atoms. The van der Waals surface area contributed by atoms with Gasteiger partial charge in [-0.25, -0.2) is 4.79 Å². The summed E-state index contributed by atoms with van der Waals surface area (Å²) in [5.74, 6) is -0.970. The molecule has 0 radical (unpaired) electrons. The maximum Gasteiger partial charge on any atom is 0.328 e. The van der Waals surface area contributed by atoms with Gasteiger partial charge in [0.25, 0.3) is 11.8 Å². The molecule has 0 aliphatic carbocycles. The van der Waals surface area contributed by atoms with E-state index in [-0.39, 0.29) is 0 Å². The maximum absolute atomic E-state index is 12.5. The lowest BCUT2D eigenvalue weighted by Crippen LogP contribution is -2.41. The molecular weight excluding hydrogens is 352 g/mol. The minimum absolute atomic E-state index is 0.485. The van der Waals surface area contributed by atoms with Crippen molar-refractivity contribution < 1.29 is 14.4 Å². The van der Waals surface area contributed by atoms with Gasteiger partial charge < -0.3 is 5.73 Å². The van der Waals surface area contributed by atoms with Gasteiger partial charge in [-0.2, -0.15) is 4.90 Å².